The van der Waals surface area contributed by atoms with Gasteiger partial charge in [0.05, 0.1) is 0 Å². The van der Waals surface area contributed by atoms with Crippen LogP contribution in [0.25, 0.3) is 32.1 Å². The fourth-order valence-corrected chi connectivity index (χ4v) is 5.03. The third-order valence-electron chi connectivity index (χ3n) is 5.97. The Kier molecular flexibility index (Phi) is 5.40. The fraction of sp³-hybridized carbons (Fsp3) is 0.292. The van der Waals surface area contributed by atoms with E-state index >= 15 is 0 Å². The predicted octanol–water partition coefficient (Wildman–Crippen LogP) is 3.74. The normalized spacial score (nSPS) is 15.6. The van der Waals surface area contributed by atoms with Crippen LogP contribution in [0.4, 0.5) is 0 Å². The van der Waals surface area contributed by atoms with Gasteiger partial charge in [-0.25, -0.2) is 0 Å². The summed E-state index contributed by atoms with van der Waals surface area (Å²) < 4.78 is 6.71. The smallest absolute Gasteiger partial charge is 0.266 e. The van der Waals surface area contributed by atoms with Crippen LogP contribution in [0.5, 0.6) is 11.5 Å². The van der Waals surface area contributed by atoms with Gasteiger partial charge in [0.25, 0.3) is 5.56 Å². The van der Waals surface area contributed by atoms with Gasteiger partial charge in [0.1, 0.15) is 22.8 Å². The maximum Gasteiger partial charge on any atom is 0.266 e. The number of thiophene rings is 1. The SMILES string of the molecule is CN1CCN(CCOc2cccc(-c3c(O)ccc4[nH]c(=O)c5sccc5c34)c2)CC1. The number of aromatic hydroxyl groups is 1. The van der Waals surface area contributed by atoms with Gasteiger partial charge in [0, 0.05) is 54.6 Å². The minimum absolute atomic E-state index is 0.102. The van der Waals surface area contributed by atoms with Gasteiger partial charge in [-0.05, 0) is 48.3 Å². The number of nitrogens with one attached hydrogen (secondary N) is 1. The van der Waals surface area contributed by atoms with Crippen molar-refractivity contribution < 1.29 is 9.84 Å². The summed E-state index contributed by atoms with van der Waals surface area (Å²) in [6, 6.07) is 13.1. The van der Waals surface area contributed by atoms with Crippen molar-refractivity contribution in [1.82, 2.24) is 14.8 Å². The first-order chi connectivity index (χ1) is 15.1. The quantitative estimate of drug-likeness (QED) is 0.500. The van der Waals surface area contributed by atoms with E-state index in [1.807, 2.05) is 35.7 Å². The Balaban J connectivity index is 1.45. The van der Waals surface area contributed by atoms with Crippen LogP contribution in [0.1, 0.15) is 0 Å². The molecule has 0 amide bonds. The summed E-state index contributed by atoms with van der Waals surface area (Å²) >= 11 is 1.41. The van der Waals surface area contributed by atoms with Gasteiger partial charge in [-0.3, -0.25) is 9.69 Å². The van der Waals surface area contributed by atoms with Gasteiger partial charge in [-0.15, -0.1) is 11.3 Å². The van der Waals surface area contributed by atoms with E-state index < -0.39 is 0 Å². The number of benzene rings is 2. The highest BCUT2D eigenvalue weighted by molar-refractivity contribution is 7.17. The van der Waals surface area contributed by atoms with Crippen molar-refractivity contribution in [3.8, 4) is 22.6 Å². The van der Waals surface area contributed by atoms with E-state index in [2.05, 4.69) is 21.8 Å². The van der Waals surface area contributed by atoms with Crippen LogP contribution < -0.4 is 10.3 Å². The van der Waals surface area contributed by atoms with Crippen LogP contribution in [0.2, 0.25) is 0 Å². The number of phenols is 1. The van der Waals surface area contributed by atoms with E-state index in [4.69, 9.17) is 4.74 Å². The zero-order valence-corrected chi connectivity index (χ0v) is 18.2. The maximum absolute atomic E-state index is 12.4. The second-order valence-electron chi connectivity index (χ2n) is 8.02. The summed E-state index contributed by atoms with van der Waals surface area (Å²) in [7, 11) is 2.15. The number of nitrogens with zero attached hydrogens (tertiary/aromatic N) is 2. The molecule has 0 radical (unpaired) electrons. The Morgan fingerprint density at radius 1 is 1.13 bits per heavy atom. The van der Waals surface area contributed by atoms with Gasteiger partial charge in [-0.2, -0.15) is 0 Å². The summed E-state index contributed by atoms with van der Waals surface area (Å²) in [6.45, 7) is 5.84. The zero-order chi connectivity index (χ0) is 21.4. The van der Waals surface area contributed by atoms with Crippen molar-refractivity contribution in [3.05, 3.63) is 58.2 Å². The predicted molar refractivity (Wildman–Crippen MR) is 126 cm³/mol. The highest BCUT2D eigenvalue weighted by atomic mass is 32.1. The molecule has 31 heavy (non-hydrogen) atoms. The molecule has 6 nitrogen and oxygen atoms in total. The number of piperazine rings is 1. The highest BCUT2D eigenvalue weighted by Crippen LogP contribution is 2.40. The van der Waals surface area contributed by atoms with E-state index in [0.717, 1.165) is 54.8 Å². The number of hydrogen-bond acceptors (Lipinski definition) is 6. The summed E-state index contributed by atoms with van der Waals surface area (Å²) in [6.07, 6.45) is 0. The number of rotatable bonds is 5. The van der Waals surface area contributed by atoms with Crippen molar-refractivity contribution in [3.63, 3.8) is 0 Å². The lowest BCUT2D eigenvalue weighted by Gasteiger charge is -2.32. The molecule has 1 saturated heterocycles. The monoisotopic (exact) mass is 435 g/mol. The number of likely N-dealkylation sites (N-methyl/N-ethyl adjacent to an activating group) is 1. The largest absolute Gasteiger partial charge is 0.507 e. The standard InChI is InChI=1S/C24H25N3O3S/c1-26-8-10-27(11-9-26)12-13-30-17-4-2-3-16(15-17)21-20(28)6-5-19-22(21)18-7-14-31-23(18)24(29)25-19/h2-7,14-15,28H,8-13H2,1H3,(H,25,29). The van der Waals surface area contributed by atoms with Crippen LogP contribution in [0.15, 0.2) is 52.6 Å². The number of phenolic OH excluding ortho intramolecular Hbond substituents is 1. The van der Waals surface area contributed by atoms with Gasteiger partial charge in [0.15, 0.2) is 0 Å². The Labute approximate surface area is 184 Å². The topological polar surface area (TPSA) is 68.8 Å². The van der Waals surface area contributed by atoms with Gasteiger partial charge < -0.3 is 19.7 Å². The van der Waals surface area contributed by atoms with E-state index in [-0.39, 0.29) is 11.3 Å². The Bertz CT molecular complexity index is 1290. The van der Waals surface area contributed by atoms with Crippen molar-refractivity contribution >= 4 is 32.3 Å². The molecule has 2 aromatic heterocycles. The van der Waals surface area contributed by atoms with E-state index in [1.54, 1.807) is 12.1 Å². The molecule has 0 bridgehead atoms. The number of aromatic nitrogens is 1. The van der Waals surface area contributed by atoms with Crippen molar-refractivity contribution in [2.75, 3.05) is 46.4 Å². The minimum atomic E-state index is -0.102. The van der Waals surface area contributed by atoms with Crippen molar-refractivity contribution in [1.29, 1.82) is 0 Å². The minimum Gasteiger partial charge on any atom is -0.507 e. The average Bonchev–Trinajstić information content (AvgIpc) is 3.27. The number of pyridine rings is 1. The lowest BCUT2D eigenvalue weighted by Crippen LogP contribution is -2.45. The number of H-pyrrole nitrogens is 1. The molecule has 1 aliphatic heterocycles. The molecular weight excluding hydrogens is 410 g/mol. The summed E-state index contributed by atoms with van der Waals surface area (Å²) in [5.41, 5.74) is 2.18. The molecular formula is C24H25N3O3S. The van der Waals surface area contributed by atoms with Crippen molar-refractivity contribution in [2.24, 2.45) is 0 Å². The number of aromatic amines is 1. The number of hydrogen-bond donors (Lipinski definition) is 2. The molecule has 2 N–H and O–H groups in total. The molecule has 160 valence electrons. The summed E-state index contributed by atoms with van der Waals surface area (Å²) in [5, 5.41) is 14.4. The van der Waals surface area contributed by atoms with E-state index in [1.165, 1.54) is 11.3 Å². The van der Waals surface area contributed by atoms with Crippen LogP contribution >= 0.6 is 11.3 Å². The number of fused-ring (bicyclic) bond motifs is 3. The molecule has 1 fully saturated rings. The molecule has 4 aromatic rings. The molecule has 3 heterocycles. The van der Waals surface area contributed by atoms with Gasteiger partial charge >= 0.3 is 0 Å². The molecule has 1 aliphatic rings. The van der Waals surface area contributed by atoms with E-state index in [9.17, 15) is 9.90 Å². The molecule has 0 saturated carbocycles. The Morgan fingerprint density at radius 2 is 1.97 bits per heavy atom. The Morgan fingerprint density at radius 3 is 2.81 bits per heavy atom. The van der Waals surface area contributed by atoms with Gasteiger partial charge in [0.2, 0.25) is 0 Å². The summed E-state index contributed by atoms with van der Waals surface area (Å²) in [5.74, 6) is 0.954. The lowest BCUT2D eigenvalue weighted by atomic mass is 9.97. The van der Waals surface area contributed by atoms with Gasteiger partial charge in [-0.1, -0.05) is 12.1 Å². The molecule has 0 unspecified atom stereocenters. The third kappa shape index (κ3) is 3.92. The van der Waals surface area contributed by atoms with Crippen LogP contribution in [0.3, 0.4) is 0 Å². The second kappa shape index (κ2) is 8.34. The molecule has 0 spiro atoms. The molecule has 2 aromatic carbocycles. The molecule has 7 heteroatoms. The lowest BCUT2D eigenvalue weighted by molar-refractivity contribution is 0.134. The van der Waals surface area contributed by atoms with Crippen LogP contribution in [0, 0.1) is 0 Å². The highest BCUT2D eigenvalue weighted by Gasteiger charge is 2.16. The molecule has 0 aliphatic carbocycles. The summed E-state index contributed by atoms with van der Waals surface area (Å²) in [4.78, 5) is 20.1. The molecule has 0 atom stereocenters. The van der Waals surface area contributed by atoms with Crippen LogP contribution in [-0.2, 0) is 0 Å². The first kappa shape index (κ1) is 20.1. The fourth-order valence-electron chi connectivity index (χ4n) is 4.23. The second-order valence-corrected chi connectivity index (χ2v) is 8.94. The zero-order valence-electron chi connectivity index (χ0n) is 17.4. The molecule has 5 rings (SSSR count). The Hall–Kier alpha value is -2.87. The van der Waals surface area contributed by atoms with E-state index in [0.29, 0.717) is 22.4 Å². The third-order valence-corrected chi connectivity index (χ3v) is 6.88. The first-order valence-electron chi connectivity index (χ1n) is 10.5. The van der Waals surface area contributed by atoms with Crippen molar-refractivity contribution in [2.45, 2.75) is 0 Å². The number of ether oxygens (including phenoxy) is 1. The van der Waals surface area contributed by atoms with Crippen LogP contribution in [-0.4, -0.2) is 66.3 Å². The first-order valence-corrected chi connectivity index (χ1v) is 11.4. The average molecular weight is 436 g/mol. The maximum atomic E-state index is 12.4.